The summed E-state index contributed by atoms with van der Waals surface area (Å²) >= 11 is 2.07. The van der Waals surface area contributed by atoms with E-state index in [0.29, 0.717) is 0 Å². The summed E-state index contributed by atoms with van der Waals surface area (Å²) in [4.78, 5) is 0. The van der Waals surface area contributed by atoms with Gasteiger partial charge in [0.1, 0.15) is 0 Å². The van der Waals surface area contributed by atoms with E-state index >= 15 is 0 Å². The van der Waals surface area contributed by atoms with E-state index in [9.17, 15) is 0 Å². The van der Waals surface area contributed by atoms with E-state index in [4.69, 9.17) is 0 Å². The first-order valence-corrected chi connectivity index (χ1v) is 4.29. The molecule has 0 amide bonds. The molecule has 1 aliphatic heterocycles. The van der Waals surface area contributed by atoms with Crippen LogP contribution in [0.2, 0.25) is 0 Å². The molecule has 0 spiro atoms. The Bertz CT molecular complexity index is 77.0. The first-order valence-electron chi connectivity index (χ1n) is 3.14. The van der Waals surface area contributed by atoms with Gasteiger partial charge in [0.2, 0.25) is 0 Å². The summed E-state index contributed by atoms with van der Waals surface area (Å²) in [5, 5.41) is 0. The van der Waals surface area contributed by atoms with Crippen LogP contribution in [0.3, 0.4) is 0 Å². The molecule has 0 aromatic carbocycles. The molecular formula is C7H14OS. The van der Waals surface area contributed by atoms with Crippen LogP contribution in [-0.4, -0.2) is 17.0 Å². The van der Waals surface area contributed by atoms with Crippen LogP contribution in [0.25, 0.3) is 0 Å². The Morgan fingerprint density at radius 1 is 1.33 bits per heavy atom. The fourth-order valence-electron chi connectivity index (χ4n) is 0.952. The van der Waals surface area contributed by atoms with Crippen molar-refractivity contribution in [2.24, 2.45) is 5.92 Å². The van der Waals surface area contributed by atoms with Crippen molar-refractivity contribution in [2.45, 2.75) is 12.8 Å². The standard InChI is InChI=1S/C7H12S.H2O/c1-2-7-3-5-8-6-4-7;/h2,7H,1,3-6H2;1H2. The van der Waals surface area contributed by atoms with Gasteiger partial charge in [0.15, 0.2) is 0 Å². The second-order valence-electron chi connectivity index (χ2n) is 2.19. The topological polar surface area (TPSA) is 31.5 Å². The summed E-state index contributed by atoms with van der Waals surface area (Å²) in [5.41, 5.74) is 0. The smallest absolute Gasteiger partial charge is 0.00619 e. The largest absolute Gasteiger partial charge is 0.412 e. The number of hydrogen-bond acceptors (Lipinski definition) is 1. The molecule has 0 aliphatic carbocycles. The van der Waals surface area contributed by atoms with Crippen LogP contribution in [0.15, 0.2) is 12.7 Å². The SMILES string of the molecule is C=CC1CCSCC1.O. The molecule has 0 aromatic rings. The third-order valence-electron chi connectivity index (χ3n) is 1.60. The second-order valence-corrected chi connectivity index (χ2v) is 3.41. The highest BCUT2D eigenvalue weighted by atomic mass is 32.2. The Morgan fingerprint density at radius 3 is 2.22 bits per heavy atom. The van der Waals surface area contributed by atoms with Gasteiger partial charge in [0.25, 0.3) is 0 Å². The van der Waals surface area contributed by atoms with Gasteiger partial charge in [-0.25, -0.2) is 0 Å². The molecule has 0 saturated carbocycles. The molecule has 0 radical (unpaired) electrons. The molecule has 1 fully saturated rings. The van der Waals surface area contributed by atoms with Crippen molar-refractivity contribution in [1.82, 2.24) is 0 Å². The van der Waals surface area contributed by atoms with Crippen LogP contribution >= 0.6 is 11.8 Å². The summed E-state index contributed by atoms with van der Waals surface area (Å²) in [6.07, 6.45) is 4.81. The summed E-state index contributed by atoms with van der Waals surface area (Å²) < 4.78 is 0. The molecule has 54 valence electrons. The van der Waals surface area contributed by atoms with Crippen LogP contribution in [0, 0.1) is 5.92 Å². The first kappa shape index (κ1) is 9.05. The van der Waals surface area contributed by atoms with Gasteiger partial charge >= 0.3 is 0 Å². The highest BCUT2D eigenvalue weighted by Gasteiger charge is 2.08. The monoisotopic (exact) mass is 146 g/mol. The van der Waals surface area contributed by atoms with Gasteiger partial charge in [-0.15, -0.1) is 6.58 Å². The molecule has 2 heteroatoms. The first-order chi connectivity index (χ1) is 3.93. The summed E-state index contributed by atoms with van der Waals surface area (Å²) in [6, 6.07) is 0. The summed E-state index contributed by atoms with van der Waals surface area (Å²) in [5.74, 6) is 3.52. The zero-order valence-electron chi connectivity index (χ0n) is 5.60. The van der Waals surface area contributed by atoms with Crippen LogP contribution in [0.5, 0.6) is 0 Å². The van der Waals surface area contributed by atoms with Gasteiger partial charge in [0.05, 0.1) is 0 Å². The van der Waals surface area contributed by atoms with Crippen molar-refractivity contribution in [3.05, 3.63) is 12.7 Å². The number of rotatable bonds is 1. The minimum absolute atomic E-state index is 0. The van der Waals surface area contributed by atoms with E-state index in [1.54, 1.807) is 0 Å². The van der Waals surface area contributed by atoms with Gasteiger partial charge < -0.3 is 5.48 Å². The molecule has 1 aliphatic rings. The highest BCUT2D eigenvalue weighted by molar-refractivity contribution is 7.99. The van der Waals surface area contributed by atoms with Crippen molar-refractivity contribution in [3.8, 4) is 0 Å². The van der Waals surface area contributed by atoms with Gasteiger partial charge in [0, 0.05) is 0 Å². The average molecular weight is 146 g/mol. The molecule has 0 aromatic heterocycles. The van der Waals surface area contributed by atoms with Crippen molar-refractivity contribution < 1.29 is 5.48 Å². The minimum Gasteiger partial charge on any atom is -0.412 e. The van der Waals surface area contributed by atoms with E-state index in [1.807, 2.05) is 0 Å². The van der Waals surface area contributed by atoms with Crippen LogP contribution in [-0.2, 0) is 0 Å². The zero-order chi connectivity index (χ0) is 5.82. The lowest BCUT2D eigenvalue weighted by atomic mass is 10.0. The lowest BCUT2D eigenvalue weighted by Crippen LogP contribution is -2.05. The fourth-order valence-corrected chi connectivity index (χ4v) is 2.09. The maximum Gasteiger partial charge on any atom is -0.00619 e. The Labute approximate surface area is 60.8 Å². The second kappa shape index (κ2) is 4.89. The third-order valence-corrected chi connectivity index (χ3v) is 2.65. The Kier molecular flexibility index (Phi) is 4.91. The molecule has 0 unspecified atom stereocenters. The van der Waals surface area contributed by atoms with Crippen molar-refractivity contribution in [1.29, 1.82) is 0 Å². The maximum absolute atomic E-state index is 3.78. The normalized spacial score (nSPS) is 20.4. The molecule has 0 bridgehead atoms. The molecule has 1 heterocycles. The number of hydrogen-bond donors (Lipinski definition) is 0. The Morgan fingerprint density at radius 2 is 1.89 bits per heavy atom. The van der Waals surface area contributed by atoms with E-state index < -0.39 is 0 Å². The average Bonchev–Trinajstić information content (AvgIpc) is 1.90. The molecule has 0 atom stereocenters. The predicted octanol–water partition coefficient (Wildman–Crippen LogP) is 1.49. The quantitative estimate of drug-likeness (QED) is 0.516. The van der Waals surface area contributed by atoms with Crippen molar-refractivity contribution in [2.75, 3.05) is 11.5 Å². The van der Waals surface area contributed by atoms with Crippen molar-refractivity contribution in [3.63, 3.8) is 0 Å². The van der Waals surface area contributed by atoms with Gasteiger partial charge in [-0.1, -0.05) is 6.08 Å². The van der Waals surface area contributed by atoms with E-state index in [2.05, 4.69) is 24.4 Å². The molecule has 1 saturated heterocycles. The Balaban J connectivity index is 0.000000640. The van der Waals surface area contributed by atoms with Gasteiger partial charge in [-0.05, 0) is 30.3 Å². The van der Waals surface area contributed by atoms with E-state index in [0.717, 1.165) is 5.92 Å². The van der Waals surface area contributed by atoms with Crippen LogP contribution in [0.1, 0.15) is 12.8 Å². The van der Waals surface area contributed by atoms with E-state index in [1.165, 1.54) is 24.3 Å². The molecular weight excluding hydrogens is 132 g/mol. The third kappa shape index (κ3) is 2.92. The molecule has 9 heavy (non-hydrogen) atoms. The molecule has 2 N–H and O–H groups in total. The van der Waals surface area contributed by atoms with Gasteiger partial charge in [-0.2, -0.15) is 11.8 Å². The minimum atomic E-state index is 0. The van der Waals surface area contributed by atoms with E-state index in [-0.39, 0.29) is 5.48 Å². The fraction of sp³-hybridized carbons (Fsp3) is 0.714. The summed E-state index contributed by atoms with van der Waals surface area (Å²) in [6.45, 7) is 3.78. The highest BCUT2D eigenvalue weighted by Crippen LogP contribution is 2.22. The summed E-state index contributed by atoms with van der Waals surface area (Å²) in [7, 11) is 0. The van der Waals surface area contributed by atoms with Crippen molar-refractivity contribution >= 4 is 11.8 Å². The maximum atomic E-state index is 3.78. The zero-order valence-corrected chi connectivity index (χ0v) is 6.41. The van der Waals surface area contributed by atoms with Crippen LogP contribution < -0.4 is 0 Å². The number of thioether (sulfide) groups is 1. The van der Waals surface area contributed by atoms with Crippen LogP contribution in [0.4, 0.5) is 0 Å². The number of allylic oxidation sites excluding steroid dienone is 1. The lowest BCUT2D eigenvalue weighted by Gasteiger charge is -2.16. The predicted molar refractivity (Wildman–Crippen MR) is 43.9 cm³/mol. The molecule has 1 rings (SSSR count). The lowest BCUT2D eigenvalue weighted by molar-refractivity contribution is 0.603. The molecule has 1 nitrogen and oxygen atoms in total. The Hall–Kier alpha value is 0.0500. The van der Waals surface area contributed by atoms with Gasteiger partial charge in [-0.3, -0.25) is 0 Å².